The zero-order valence-electron chi connectivity index (χ0n) is 13.2. The van der Waals surface area contributed by atoms with Crippen LogP contribution in [0.3, 0.4) is 0 Å². The molecule has 0 bridgehead atoms. The van der Waals surface area contributed by atoms with Crippen molar-refractivity contribution < 1.29 is 9.21 Å². The molecule has 2 aromatic heterocycles. The zero-order chi connectivity index (χ0) is 16.4. The predicted octanol–water partition coefficient (Wildman–Crippen LogP) is 4.38. The van der Waals surface area contributed by atoms with E-state index in [-0.39, 0.29) is 5.91 Å². The first-order valence-electron chi connectivity index (χ1n) is 7.71. The molecule has 0 spiro atoms. The lowest BCUT2D eigenvalue weighted by atomic mass is 10.2. The van der Waals surface area contributed by atoms with Crippen molar-refractivity contribution in [3.8, 4) is 0 Å². The molecule has 1 amide bonds. The maximum absolute atomic E-state index is 12.4. The molecule has 2 heterocycles. The van der Waals surface area contributed by atoms with Crippen LogP contribution in [0.5, 0.6) is 0 Å². The molecular formula is C18H19ClN2O2. The largest absolute Gasteiger partial charge is 0.460 e. The van der Waals surface area contributed by atoms with Gasteiger partial charge in [-0.1, -0.05) is 30.7 Å². The van der Waals surface area contributed by atoms with Crippen molar-refractivity contribution in [1.82, 2.24) is 9.88 Å². The van der Waals surface area contributed by atoms with E-state index >= 15 is 0 Å². The number of benzene rings is 1. The quantitative estimate of drug-likeness (QED) is 0.754. The molecule has 0 unspecified atom stereocenters. The Kier molecular flexibility index (Phi) is 4.44. The summed E-state index contributed by atoms with van der Waals surface area (Å²) in [4.78, 5) is 12.4. The van der Waals surface area contributed by atoms with Crippen LogP contribution in [0.2, 0.25) is 5.02 Å². The molecule has 0 atom stereocenters. The number of aromatic nitrogens is 1. The minimum atomic E-state index is -0.0852. The molecule has 0 fully saturated rings. The van der Waals surface area contributed by atoms with Crippen LogP contribution in [0, 0.1) is 6.92 Å². The predicted molar refractivity (Wildman–Crippen MR) is 92.1 cm³/mol. The third-order valence-corrected chi connectivity index (χ3v) is 3.95. The van der Waals surface area contributed by atoms with Crippen LogP contribution in [0.1, 0.15) is 35.2 Å². The Hall–Kier alpha value is -2.20. The van der Waals surface area contributed by atoms with E-state index in [2.05, 4.69) is 5.32 Å². The van der Waals surface area contributed by atoms with Crippen LogP contribution < -0.4 is 5.32 Å². The second kappa shape index (κ2) is 6.50. The van der Waals surface area contributed by atoms with E-state index < -0.39 is 0 Å². The standard InChI is InChI=1S/C18H19ClN2O2/c1-3-7-20-18(22)16-10-17-15(8-12(2)23-17)21(16)11-13-5-4-6-14(19)9-13/h4-6,8-10H,3,7,11H2,1-2H3,(H,20,22). The highest BCUT2D eigenvalue weighted by Crippen LogP contribution is 2.25. The smallest absolute Gasteiger partial charge is 0.268 e. The number of fused-ring (bicyclic) bond motifs is 1. The summed E-state index contributed by atoms with van der Waals surface area (Å²) in [5.74, 6) is 0.744. The van der Waals surface area contributed by atoms with Gasteiger partial charge in [-0.25, -0.2) is 0 Å². The fourth-order valence-corrected chi connectivity index (χ4v) is 2.88. The normalized spacial score (nSPS) is 11.1. The summed E-state index contributed by atoms with van der Waals surface area (Å²) in [6.07, 6.45) is 0.899. The highest BCUT2D eigenvalue weighted by Gasteiger charge is 2.18. The Morgan fingerprint density at radius 3 is 2.87 bits per heavy atom. The van der Waals surface area contributed by atoms with E-state index in [1.165, 1.54) is 0 Å². The van der Waals surface area contributed by atoms with Crippen molar-refractivity contribution in [3.05, 3.63) is 58.4 Å². The maximum atomic E-state index is 12.4. The van der Waals surface area contributed by atoms with Crippen molar-refractivity contribution >= 4 is 28.6 Å². The number of halogens is 1. The van der Waals surface area contributed by atoms with Gasteiger partial charge in [0, 0.05) is 30.2 Å². The fourth-order valence-electron chi connectivity index (χ4n) is 2.67. The lowest BCUT2D eigenvalue weighted by Crippen LogP contribution is -2.26. The highest BCUT2D eigenvalue weighted by atomic mass is 35.5. The Morgan fingerprint density at radius 1 is 1.30 bits per heavy atom. The lowest BCUT2D eigenvalue weighted by Gasteiger charge is -2.10. The summed E-state index contributed by atoms with van der Waals surface area (Å²) in [7, 11) is 0. The third-order valence-electron chi connectivity index (χ3n) is 3.71. The van der Waals surface area contributed by atoms with Gasteiger partial charge in [-0.15, -0.1) is 0 Å². The van der Waals surface area contributed by atoms with Gasteiger partial charge in [0.2, 0.25) is 0 Å². The number of hydrogen-bond donors (Lipinski definition) is 1. The van der Waals surface area contributed by atoms with E-state index in [4.69, 9.17) is 16.0 Å². The van der Waals surface area contributed by atoms with Crippen LogP contribution in [-0.4, -0.2) is 17.0 Å². The van der Waals surface area contributed by atoms with Gasteiger partial charge in [0.25, 0.3) is 5.91 Å². The molecule has 1 aromatic carbocycles. The van der Waals surface area contributed by atoms with Crippen molar-refractivity contribution in [2.45, 2.75) is 26.8 Å². The molecule has 0 radical (unpaired) electrons. The summed E-state index contributed by atoms with van der Waals surface area (Å²) in [5.41, 5.74) is 3.29. The van der Waals surface area contributed by atoms with Crippen LogP contribution in [-0.2, 0) is 6.54 Å². The molecule has 0 aliphatic heterocycles. The molecular weight excluding hydrogens is 312 g/mol. The Labute approximate surface area is 140 Å². The van der Waals surface area contributed by atoms with Gasteiger partial charge in [-0.3, -0.25) is 4.79 Å². The van der Waals surface area contributed by atoms with Crippen LogP contribution in [0.15, 0.2) is 40.8 Å². The second-order valence-electron chi connectivity index (χ2n) is 5.61. The monoisotopic (exact) mass is 330 g/mol. The molecule has 0 saturated carbocycles. The van der Waals surface area contributed by atoms with Crippen LogP contribution in [0.4, 0.5) is 0 Å². The van der Waals surface area contributed by atoms with E-state index in [9.17, 15) is 4.79 Å². The summed E-state index contributed by atoms with van der Waals surface area (Å²) in [6.45, 7) is 5.15. The molecule has 1 N–H and O–H groups in total. The summed E-state index contributed by atoms with van der Waals surface area (Å²) < 4.78 is 7.65. The number of furan rings is 1. The van der Waals surface area contributed by atoms with Gasteiger partial charge in [0.1, 0.15) is 11.5 Å². The molecule has 0 aliphatic rings. The molecule has 120 valence electrons. The molecule has 0 aliphatic carbocycles. The van der Waals surface area contributed by atoms with Gasteiger partial charge in [0.05, 0.1) is 5.52 Å². The lowest BCUT2D eigenvalue weighted by molar-refractivity contribution is 0.0945. The first kappa shape index (κ1) is 15.7. The van der Waals surface area contributed by atoms with Crippen molar-refractivity contribution in [2.75, 3.05) is 6.54 Å². The Morgan fingerprint density at radius 2 is 2.13 bits per heavy atom. The molecule has 3 aromatic rings. The molecule has 0 saturated heterocycles. The van der Waals surface area contributed by atoms with E-state index in [0.717, 1.165) is 28.8 Å². The second-order valence-corrected chi connectivity index (χ2v) is 6.04. The minimum Gasteiger partial charge on any atom is -0.460 e. The number of carbonyl (C=O) groups excluding carboxylic acids is 1. The van der Waals surface area contributed by atoms with Crippen LogP contribution in [0.25, 0.3) is 11.1 Å². The molecule has 23 heavy (non-hydrogen) atoms. The first-order valence-corrected chi connectivity index (χ1v) is 8.08. The number of amides is 1. The average molecular weight is 331 g/mol. The number of rotatable bonds is 5. The zero-order valence-corrected chi connectivity index (χ0v) is 14.0. The van der Waals surface area contributed by atoms with Gasteiger partial charge >= 0.3 is 0 Å². The number of nitrogens with one attached hydrogen (secondary N) is 1. The van der Waals surface area contributed by atoms with Crippen LogP contribution >= 0.6 is 11.6 Å². The summed E-state index contributed by atoms with van der Waals surface area (Å²) in [5, 5.41) is 3.61. The number of nitrogens with zero attached hydrogens (tertiary/aromatic N) is 1. The van der Waals surface area contributed by atoms with Crippen molar-refractivity contribution in [2.24, 2.45) is 0 Å². The van der Waals surface area contributed by atoms with Gasteiger partial charge < -0.3 is 14.3 Å². The molecule has 4 nitrogen and oxygen atoms in total. The highest BCUT2D eigenvalue weighted by molar-refractivity contribution is 6.30. The Bertz CT molecular complexity index is 848. The van der Waals surface area contributed by atoms with E-state index in [1.807, 2.05) is 48.7 Å². The van der Waals surface area contributed by atoms with Gasteiger partial charge in [-0.2, -0.15) is 0 Å². The Balaban J connectivity index is 2.02. The number of hydrogen-bond acceptors (Lipinski definition) is 2. The number of aryl methyl sites for hydroxylation is 1. The van der Waals surface area contributed by atoms with E-state index in [0.29, 0.717) is 23.8 Å². The molecule has 3 rings (SSSR count). The van der Waals surface area contributed by atoms with Crippen molar-refractivity contribution in [3.63, 3.8) is 0 Å². The fraction of sp³-hybridized carbons (Fsp3) is 0.278. The third kappa shape index (κ3) is 3.27. The SMILES string of the molecule is CCCNC(=O)c1cc2oc(C)cc2n1Cc1cccc(Cl)c1. The maximum Gasteiger partial charge on any atom is 0.268 e. The minimum absolute atomic E-state index is 0.0852. The first-order chi connectivity index (χ1) is 11.1. The topological polar surface area (TPSA) is 47.2 Å². The number of carbonyl (C=O) groups is 1. The van der Waals surface area contributed by atoms with Gasteiger partial charge in [-0.05, 0) is 31.0 Å². The van der Waals surface area contributed by atoms with Crippen molar-refractivity contribution in [1.29, 1.82) is 0 Å². The van der Waals surface area contributed by atoms with Gasteiger partial charge in [0.15, 0.2) is 5.58 Å². The summed E-state index contributed by atoms with van der Waals surface area (Å²) >= 11 is 6.07. The molecule has 5 heteroatoms. The van der Waals surface area contributed by atoms with E-state index in [1.54, 1.807) is 6.07 Å². The average Bonchev–Trinajstić information content (AvgIpc) is 3.02. The summed E-state index contributed by atoms with van der Waals surface area (Å²) in [6, 6.07) is 11.4.